The third-order valence-corrected chi connectivity index (χ3v) is 8.50. The van der Waals surface area contributed by atoms with E-state index < -0.39 is 10.0 Å². The average molecular weight is 451 g/mol. The Kier molecular flexibility index (Phi) is 7.51. The molecule has 1 aliphatic rings. The lowest BCUT2D eigenvalue weighted by Crippen LogP contribution is -2.44. The highest BCUT2D eigenvalue weighted by molar-refractivity contribution is 7.89. The van der Waals surface area contributed by atoms with E-state index in [1.165, 1.54) is 4.31 Å². The number of carbonyl (C=O) groups is 1. The van der Waals surface area contributed by atoms with Crippen molar-refractivity contribution in [3.05, 3.63) is 46.7 Å². The number of piperidine rings is 1. The van der Waals surface area contributed by atoms with Crippen LogP contribution in [0, 0.1) is 0 Å². The summed E-state index contributed by atoms with van der Waals surface area (Å²) in [6, 6.07) is 9.96. The molecule has 1 atom stereocenters. The van der Waals surface area contributed by atoms with Crippen molar-refractivity contribution < 1.29 is 13.2 Å². The van der Waals surface area contributed by atoms with Gasteiger partial charge in [0.2, 0.25) is 10.0 Å². The average Bonchev–Trinajstić information content (AvgIpc) is 3.27. The summed E-state index contributed by atoms with van der Waals surface area (Å²) in [5.41, 5.74) is 0.550. The van der Waals surface area contributed by atoms with Crippen LogP contribution >= 0.6 is 11.3 Å². The minimum Gasteiger partial charge on any atom is -0.330 e. The molecule has 0 radical (unpaired) electrons. The van der Waals surface area contributed by atoms with E-state index in [0.717, 1.165) is 37.2 Å². The number of nitrogens with one attached hydrogen (secondary N) is 2. The molecule has 0 saturated carbocycles. The summed E-state index contributed by atoms with van der Waals surface area (Å²) in [6.45, 7) is 3.81. The zero-order chi connectivity index (χ0) is 21.7. The molecule has 0 aliphatic carbocycles. The number of thiophene rings is 1. The van der Waals surface area contributed by atoms with E-state index in [2.05, 4.69) is 22.6 Å². The molecule has 1 unspecified atom stereocenters. The van der Waals surface area contributed by atoms with Crippen molar-refractivity contribution >= 4 is 33.1 Å². The SMILES string of the molecule is CCC(NC(=O)Nc1ccc(S(=O)(=O)N(C)C2CCN(C)CC2)cc1)c1cccs1. The van der Waals surface area contributed by atoms with Crippen LogP contribution < -0.4 is 10.6 Å². The minimum absolute atomic E-state index is 0.0120. The van der Waals surface area contributed by atoms with Crippen LogP contribution in [-0.4, -0.2) is 56.9 Å². The van der Waals surface area contributed by atoms with Gasteiger partial charge in [-0.3, -0.25) is 0 Å². The van der Waals surface area contributed by atoms with Gasteiger partial charge in [0.25, 0.3) is 0 Å². The number of rotatable bonds is 7. The molecule has 1 aromatic heterocycles. The number of hydrogen-bond donors (Lipinski definition) is 2. The van der Waals surface area contributed by atoms with Crippen molar-refractivity contribution in [1.29, 1.82) is 0 Å². The van der Waals surface area contributed by atoms with Crippen LogP contribution in [0.15, 0.2) is 46.7 Å². The highest BCUT2D eigenvalue weighted by Gasteiger charge is 2.30. The number of amides is 2. The molecule has 1 fully saturated rings. The number of benzene rings is 1. The van der Waals surface area contributed by atoms with E-state index in [-0.39, 0.29) is 23.0 Å². The normalized spacial score (nSPS) is 17.1. The lowest BCUT2D eigenvalue weighted by atomic mass is 10.1. The number of carbonyl (C=O) groups excluding carboxylic acids is 1. The highest BCUT2D eigenvalue weighted by atomic mass is 32.2. The molecule has 164 valence electrons. The summed E-state index contributed by atoms with van der Waals surface area (Å²) in [4.78, 5) is 15.9. The van der Waals surface area contributed by atoms with E-state index in [4.69, 9.17) is 0 Å². The van der Waals surface area contributed by atoms with E-state index >= 15 is 0 Å². The lowest BCUT2D eigenvalue weighted by molar-refractivity contribution is 0.197. The van der Waals surface area contributed by atoms with E-state index in [9.17, 15) is 13.2 Å². The number of likely N-dealkylation sites (tertiary alicyclic amines) is 1. The maximum Gasteiger partial charge on any atom is 0.319 e. The van der Waals surface area contributed by atoms with Gasteiger partial charge < -0.3 is 15.5 Å². The first kappa shape index (κ1) is 22.7. The molecule has 7 nitrogen and oxygen atoms in total. The molecular weight excluding hydrogens is 420 g/mol. The van der Waals surface area contributed by atoms with E-state index in [0.29, 0.717) is 5.69 Å². The van der Waals surface area contributed by atoms with Crippen molar-refractivity contribution in [2.45, 2.75) is 43.2 Å². The Morgan fingerprint density at radius 3 is 2.47 bits per heavy atom. The van der Waals surface area contributed by atoms with E-state index in [1.807, 2.05) is 24.4 Å². The van der Waals surface area contributed by atoms with Crippen molar-refractivity contribution in [3.63, 3.8) is 0 Å². The van der Waals surface area contributed by atoms with Gasteiger partial charge in [-0.25, -0.2) is 13.2 Å². The van der Waals surface area contributed by atoms with Crippen molar-refractivity contribution in [1.82, 2.24) is 14.5 Å². The topological polar surface area (TPSA) is 81.8 Å². The van der Waals surface area contributed by atoms with Gasteiger partial charge in [-0.1, -0.05) is 13.0 Å². The Bertz CT molecular complexity index is 922. The van der Waals surface area contributed by atoms with Gasteiger partial charge in [0, 0.05) is 23.7 Å². The summed E-state index contributed by atoms with van der Waals surface area (Å²) < 4.78 is 27.4. The van der Waals surface area contributed by atoms with Crippen molar-refractivity contribution in [2.75, 3.05) is 32.5 Å². The molecular formula is C21H30N4O3S2. The first-order valence-corrected chi connectivity index (χ1v) is 12.5. The van der Waals surface area contributed by atoms with Gasteiger partial charge in [-0.2, -0.15) is 4.31 Å². The van der Waals surface area contributed by atoms with Crippen LogP contribution in [0.3, 0.4) is 0 Å². The first-order chi connectivity index (χ1) is 14.3. The Morgan fingerprint density at radius 1 is 1.23 bits per heavy atom. The Balaban J connectivity index is 1.61. The zero-order valence-corrected chi connectivity index (χ0v) is 19.3. The second-order valence-corrected chi connectivity index (χ2v) is 10.6. The number of urea groups is 1. The maximum absolute atomic E-state index is 13.0. The lowest BCUT2D eigenvalue weighted by Gasteiger charge is -2.34. The third-order valence-electron chi connectivity index (χ3n) is 5.59. The molecule has 1 aromatic carbocycles. The Labute approximate surface area is 183 Å². The largest absolute Gasteiger partial charge is 0.330 e. The van der Waals surface area contributed by atoms with Crippen LogP contribution in [0.2, 0.25) is 0 Å². The molecule has 0 bridgehead atoms. The standard InChI is InChI=1S/C21H30N4O3S2/c1-4-19(20-6-5-15-29-20)23-21(26)22-16-7-9-18(10-8-16)30(27,28)25(3)17-11-13-24(2)14-12-17/h5-10,15,17,19H,4,11-14H2,1-3H3,(H2,22,23,26). The minimum atomic E-state index is -3.57. The van der Waals surface area contributed by atoms with Gasteiger partial charge in [0.05, 0.1) is 10.9 Å². The van der Waals surface area contributed by atoms with Gasteiger partial charge in [-0.15, -0.1) is 11.3 Å². The second-order valence-electron chi connectivity index (χ2n) is 7.65. The maximum atomic E-state index is 13.0. The van der Waals surface area contributed by atoms with Gasteiger partial charge in [0.15, 0.2) is 0 Å². The summed E-state index contributed by atoms with van der Waals surface area (Å²) in [6.07, 6.45) is 2.44. The van der Waals surface area contributed by atoms with Crippen LogP contribution in [0.25, 0.3) is 0 Å². The Hall–Kier alpha value is -1.94. The number of anilines is 1. The Morgan fingerprint density at radius 2 is 1.90 bits per heavy atom. The van der Waals surface area contributed by atoms with Crippen molar-refractivity contribution in [2.24, 2.45) is 0 Å². The molecule has 2 heterocycles. The van der Waals surface area contributed by atoms with Crippen LogP contribution in [-0.2, 0) is 10.0 Å². The fourth-order valence-corrected chi connectivity index (χ4v) is 5.90. The molecule has 0 spiro atoms. The van der Waals surface area contributed by atoms with Crippen LogP contribution in [0.1, 0.15) is 37.1 Å². The molecule has 1 aliphatic heterocycles. The summed E-state index contributed by atoms with van der Waals surface area (Å²) in [5.74, 6) is 0. The zero-order valence-electron chi connectivity index (χ0n) is 17.7. The fourth-order valence-electron chi connectivity index (χ4n) is 3.62. The monoisotopic (exact) mass is 450 g/mol. The quantitative estimate of drug-likeness (QED) is 0.673. The molecule has 2 N–H and O–H groups in total. The van der Waals surface area contributed by atoms with Gasteiger partial charge >= 0.3 is 6.03 Å². The van der Waals surface area contributed by atoms with Gasteiger partial charge in [0.1, 0.15) is 0 Å². The summed E-state index contributed by atoms with van der Waals surface area (Å²) >= 11 is 1.61. The highest BCUT2D eigenvalue weighted by Crippen LogP contribution is 2.24. The summed E-state index contributed by atoms with van der Waals surface area (Å²) in [5, 5.41) is 7.73. The van der Waals surface area contributed by atoms with Crippen molar-refractivity contribution in [3.8, 4) is 0 Å². The molecule has 1 saturated heterocycles. The molecule has 2 amide bonds. The summed E-state index contributed by atoms with van der Waals surface area (Å²) in [7, 11) is 0.138. The van der Waals surface area contributed by atoms with E-state index in [1.54, 1.807) is 42.6 Å². The first-order valence-electron chi connectivity index (χ1n) is 10.2. The molecule has 2 aromatic rings. The number of nitrogens with zero attached hydrogens (tertiary/aromatic N) is 2. The fraction of sp³-hybridized carbons (Fsp3) is 0.476. The predicted molar refractivity (Wildman–Crippen MR) is 121 cm³/mol. The molecule has 9 heteroatoms. The third kappa shape index (κ3) is 5.40. The van der Waals surface area contributed by atoms with Gasteiger partial charge in [-0.05, 0) is 75.1 Å². The predicted octanol–water partition coefficient (Wildman–Crippen LogP) is 3.74. The van der Waals surface area contributed by atoms with Crippen LogP contribution in [0.5, 0.6) is 0 Å². The number of hydrogen-bond acceptors (Lipinski definition) is 5. The molecule has 3 rings (SSSR count). The second kappa shape index (κ2) is 9.91. The smallest absolute Gasteiger partial charge is 0.319 e. The van der Waals surface area contributed by atoms with Crippen LogP contribution in [0.4, 0.5) is 10.5 Å². The molecule has 30 heavy (non-hydrogen) atoms. The number of sulfonamides is 1.